The molecule has 3 N–H and O–H groups in total. The van der Waals surface area contributed by atoms with E-state index in [-0.39, 0.29) is 28.6 Å². The molecule has 1 aromatic carbocycles. The van der Waals surface area contributed by atoms with Crippen molar-refractivity contribution in [2.75, 3.05) is 5.32 Å². The number of nitrogens with one attached hydrogen (secondary N) is 2. The van der Waals surface area contributed by atoms with Crippen molar-refractivity contribution in [2.45, 2.75) is 57.0 Å². The van der Waals surface area contributed by atoms with Crippen molar-refractivity contribution in [3.05, 3.63) is 80.6 Å². The average Bonchev–Trinajstić information content (AvgIpc) is 2.89. The molecule has 0 fully saturated rings. The van der Waals surface area contributed by atoms with Crippen molar-refractivity contribution in [1.82, 2.24) is 24.7 Å². The second-order valence-corrected chi connectivity index (χ2v) is 9.92. The molecule has 9 nitrogen and oxygen atoms in total. The highest BCUT2D eigenvalue weighted by Gasteiger charge is 2.51. The van der Waals surface area contributed by atoms with Gasteiger partial charge in [-0.25, -0.2) is 23.8 Å². The van der Waals surface area contributed by atoms with E-state index in [1.807, 2.05) is 0 Å². The molecule has 4 rings (SSSR count). The van der Waals surface area contributed by atoms with E-state index in [1.165, 1.54) is 25.3 Å². The third-order valence-corrected chi connectivity index (χ3v) is 6.62. The quantitative estimate of drug-likeness (QED) is 0.245. The van der Waals surface area contributed by atoms with Crippen molar-refractivity contribution in [1.29, 1.82) is 0 Å². The first kappa shape index (κ1) is 31.5. The number of aromatic amines is 1. The largest absolute Gasteiger partial charge is 0.423 e. The number of alkyl halides is 7. The summed E-state index contributed by atoms with van der Waals surface area (Å²) < 4.78 is 110. The Bertz CT molecular complexity index is 1750. The first-order valence-corrected chi connectivity index (χ1v) is 12.4. The maximum Gasteiger partial charge on any atom is 0.423 e. The third kappa shape index (κ3) is 6.50. The van der Waals surface area contributed by atoms with E-state index in [1.54, 1.807) is 5.10 Å². The van der Waals surface area contributed by atoms with Gasteiger partial charge >= 0.3 is 12.4 Å². The molecular formula is C26H22F8N6O3. The van der Waals surface area contributed by atoms with Gasteiger partial charge in [-0.3, -0.25) is 9.59 Å². The minimum Gasteiger partial charge on any atom is -0.381 e. The van der Waals surface area contributed by atoms with E-state index < -0.39 is 70.5 Å². The number of aromatic nitrogens is 5. The van der Waals surface area contributed by atoms with Crippen LogP contribution in [0.5, 0.6) is 0 Å². The van der Waals surface area contributed by atoms with Crippen LogP contribution in [0.15, 0.2) is 52.6 Å². The van der Waals surface area contributed by atoms with Gasteiger partial charge in [0.05, 0.1) is 29.4 Å². The van der Waals surface area contributed by atoms with Crippen molar-refractivity contribution in [2.24, 2.45) is 0 Å². The molecule has 17 heteroatoms. The fourth-order valence-corrected chi connectivity index (χ4v) is 4.29. The monoisotopic (exact) mass is 618 g/mol. The maximum atomic E-state index is 15.0. The fraction of sp³-hybridized carbons (Fsp3) is 0.346. The lowest BCUT2D eigenvalue weighted by Gasteiger charge is -2.25. The highest BCUT2D eigenvalue weighted by atomic mass is 19.4. The van der Waals surface area contributed by atoms with Gasteiger partial charge in [-0.2, -0.15) is 31.4 Å². The molecule has 3 aromatic heterocycles. The van der Waals surface area contributed by atoms with Gasteiger partial charge in [-0.05, 0) is 37.4 Å². The van der Waals surface area contributed by atoms with Gasteiger partial charge in [0.15, 0.2) is 11.4 Å². The molecule has 0 radical (unpaired) electrons. The molecule has 1 unspecified atom stereocenters. The average molecular weight is 618 g/mol. The molecule has 0 saturated carbocycles. The number of nitrogens with zero attached hydrogens (tertiary/aromatic N) is 4. The maximum absolute atomic E-state index is 15.0. The van der Waals surface area contributed by atoms with Crippen LogP contribution >= 0.6 is 0 Å². The second-order valence-electron chi connectivity index (χ2n) is 9.92. The minimum atomic E-state index is -5.02. The second kappa shape index (κ2) is 11.3. The predicted octanol–water partition coefficient (Wildman–Crippen LogP) is 4.70. The summed E-state index contributed by atoms with van der Waals surface area (Å²) in [5, 5.41) is 17.2. The van der Waals surface area contributed by atoms with Gasteiger partial charge in [0, 0.05) is 36.6 Å². The van der Waals surface area contributed by atoms with Gasteiger partial charge in [0.1, 0.15) is 17.6 Å². The van der Waals surface area contributed by atoms with Crippen LogP contribution in [0.1, 0.15) is 31.4 Å². The molecule has 43 heavy (non-hydrogen) atoms. The third-order valence-electron chi connectivity index (χ3n) is 6.62. The van der Waals surface area contributed by atoms with Gasteiger partial charge < -0.3 is 15.0 Å². The van der Waals surface area contributed by atoms with Gasteiger partial charge in [0.25, 0.3) is 11.1 Å². The number of anilines is 1. The van der Waals surface area contributed by atoms with Crippen molar-refractivity contribution in [3.8, 4) is 11.4 Å². The molecule has 3 heterocycles. The Morgan fingerprint density at radius 2 is 1.72 bits per heavy atom. The smallest absolute Gasteiger partial charge is 0.381 e. The topological polar surface area (TPSA) is 126 Å². The highest BCUT2D eigenvalue weighted by Crippen LogP contribution is 2.38. The molecule has 0 spiro atoms. The number of H-pyrrole nitrogens is 1. The summed E-state index contributed by atoms with van der Waals surface area (Å²) in [6.07, 6.45) is -8.79. The molecule has 0 aliphatic rings. The number of halogens is 8. The zero-order valence-electron chi connectivity index (χ0n) is 22.2. The van der Waals surface area contributed by atoms with Crippen LogP contribution in [0.4, 0.5) is 40.8 Å². The summed E-state index contributed by atoms with van der Waals surface area (Å²) in [5.74, 6) is -1.32. The van der Waals surface area contributed by atoms with Crippen molar-refractivity contribution in [3.63, 3.8) is 0 Å². The van der Waals surface area contributed by atoms with Crippen LogP contribution in [0, 0.1) is 5.82 Å². The van der Waals surface area contributed by atoms with Crippen LogP contribution in [-0.2, 0) is 18.3 Å². The van der Waals surface area contributed by atoms with E-state index >= 15 is 0 Å². The minimum absolute atomic E-state index is 0.164. The van der Waals surface area contributed by atoms with Gasteiger partial charge in [0.2, 0.25) is 0 Å². The van der Waals surface area contributed by atoms with Gasteiger partial charge in [-0.15, -0.1) is 0 Å². The number of aliphatic hydroxyl groups is 1. The van der Waals surface area contributed by atoms with E-state index in [2.05, 4.69) is 20.4 Å². The molecule has 0 amide bonds. The first-order valence-electron chi connectivity index (χ1n) is 12.4. The lowest BCUT2D eigenvalue weighted by molar-refractivity contribution is -0.259. The highest BCUT2D eigenvalue weighted by molar-refractivity contribution is 5.86. The van der Waals surface area contributed by atoms with Crippen LogP contribution in [0.3, 0.4) is 0 Å². The standard InChI is InChI=1S/C26H22F8N6O3/c1-12(38-19-10-37-39-22(41)20(19)25(29,30)31)5-15(27)11-40-4-3-13-6-17(18(28)7-16(13)23(40)42)21-35-8-14(9-36-21)24(2,43)26(32,33)34/h3-4,6-10,12,15,43H,5,11H2,1-2H3,(H2,38,39,41)/t12-,15+,24?/m0/s1. The molecule has 0 aliphatic heterocycles. The van der Waals surface area contributed by atoms with Crippen molar-refractivity contribution < 1.29 is 40.2 Å². The lowest BCUT2D eigenvalue weighted by atomic mass is 9.98. The summed E-state index contributed by atoms with van der Waals surface area (Å²) in [6.45, 7) is 1.35. The Morgan fingerprint density at radius 1 is 1.07 bits per heavy atom. The number of benzene rings is 1. The number of hydrogen-bond acceptors (Lipinski definition) is 7. The summed E-state index contributed by atoms with van der Waals surface area (Å²) >= 11 is 0. The van der Waals surface area contributed by atoms with Crippen LogP contribution in [-0.4, -0.2) is 48.2 Å². The van der Waals surface area contributed by atoms with Gasteiger partial charge in [-0.1, -0.05) is 0 Å². The van der Waals surface area contributed by atoms with Crippen molar-refractivity contribution >= 4 is 16.5 Å². The molecule has 0 bridgehead atoms. The summed E-state index contributed by atoms with van der Waals surface area (Å²) in [7, 11) is 0. The lowest BCUT2D eigenvalue weighted by Crippen LogP contribution is -2.39. The zero-order chi connectivity index (χ0) is 31.9. The summed E-state index contributed by atoms with van der Waals surface area (Å²) in [5.41, 5.74) is -8.60. The summed E-state index contributed by atoms with van der Waals surface area (Å²) in [6, 6.07) is 2.44. The van der Waals surface area contributed by atoms with Crippen LogP contribution in [0.25, 0.3) is 22.2 Å². The molecule has 4 aromatic rings. The molecule has 230 valence electrons. The number of pyridine rings is 1. The SMILES string of the molecule is C[C@@H](C[C@@H](F)Cn1ccc2cc(-c3ncc(C(C)(O)C(F)(F)F)cn3)c(F)cc2c1=O)Nc1cn[nH]c(=O)c1C(F)(F)F. The Morgan fingerprint density at radius 3 is 2.33 bits per heavy atom. The van der Waals surface area contributed by atoms with E-state index in [0.29, 0.717) is 19.3 Å². The number of hydrogen-bond donors (Lipinski definition) is 3. The number of rotatable bonds is 8. The first-order chi connectivity index (χ1) is 19.9. The molecule has 3 atom stereocenters. The van der Waals surface area contributed by atoms with Crippen LogP contribution < -0.4 is 16.4 Å². The normalized spacial score (nSPS) is 15.2. The molecule has 0 aliphatic carbocycles. The van der Waals surface area contributed by atoms with E-state index in [0.717, 1.165) is 16.8 Å². The molecule has 0 saturated heterocycles. The van der Waals surface area contributed by atoms with Crippen LogP contribution in [0.2, 0.25) is 0 Å². The van der Waals surface area contributed by atoms with E-state index in [4.69, 9.17) is 0 Å². The predicted molar refractivity (Wildman–Crippen MR) is 137 cm³/mol. The zero-order valence-corrected chi connectivity index (χ0v) is 22.2. The molecular weight excluding hydrogens is 596 g/mol. The summed E-state index contributed by atoms with van der Waals surface area (Å²) in [4.78, 5) is 32.0. The number of fused-ring (bicyclic) bond motifs is 1. The Kier molecular flexibility index (Phi) is 8.32. The Hall–Kier alpha value is -4.41. The fourth-order valence-electron chi connectivity index (χ4n) is 4.29. The van der Waals surface area contributed by atoms with E-state index in [9.17, 15) is 49.8 Å². The Labute approximate surface area is 236 Å². The Balaban J connectivity index is 1.52.